The first kappa shape index (κ1) is 14.9. The Morgan fingerprint density at radius 3 is 2.33 bits per heavy atom. The lowest BCUT2D eigenvalue weighted by Crippen LogP contribution is -2.13. The lowest BCUT2D eigenvalue weighted by atomic mass is 10.2. The van der Waals surface area contributed by atoms with Crippen molar-refractivity contribution in [2.75, 3.05) is 17.1 Å². The number of aryl methyl sites for hydroxylation is 1. The van der Waals surface area contributed by atoms with E-state index >= 15 is 0 Å². The minimum atomic E-state index is -3.65. The quantitative estimate of drug-likeness (QED) is 0.909. The molecule has 0 saturated heterocycles. The molecule has 0 unspecified atom stereocenters. The van der Waals surface area contributed by atoms with Gasteiger partial charge in [0.2, 0.25) is 0 Å². The summed E-state index contributed by atoms with van der Waals surface area (Å²) in [6, 6.07) is 13.4. The van der Waals surface area contributed by atoms with E-state index in [1.165, 1.54) is 6.07 Å². The average molecular weight is 301 g/mol. The van der Waals surface area contributed by atoms with Crippen molar-refractivity contribution in [3.8, 4) is 6.07 Å². The van der Waals surface area contributed by atoms with Gasteiger partial charge in [-0.3, -0.25) is 4.72 Å². The summed E-state index contributed by atoms with van der Waals surface area (Å²) in [7, 11) is -1.95. The second-order valence-corrected chi connectivity index (χ2v) is 6.22. The van der Waals surface area contributed by atoms with Crippen molar-refractivity contribution >= 4 is 21.4 Å². The topological polar surface area (TPSA) is 82.0 Å². The van der Waals surface area contributed by atoms with Crippen LogP contribution in [-0.2, 0) is 10.0 Å². The predicted octanol–water partition coefficient (Wildman–Crippen LogP) is 2.71. The molecule has 0 amide bonds. The van der Waals surface area contributed by atoms with E-state index < -0.39 is 10.0 Å². The zero-order valence-corrected chi connectivity index (χ0v) is 12.5. The van der Waals surface area contributed by atoms with E-state index in [1.54, 1.807) is 43.4 Å². The zero-order valence-electron chi connectivity index (χ0n) is 11.7. The van der Waals surface area contributed by atoms with Crippen LogP contribution in [0.2, 0.25) is 0 Å². The van der Waals surface area contributed by atoms with Crippen molar-refractivity contribution in [2.45, 2.75) is 11.8 Å². The highest BCUT2D eigenvalue weighted by molar-refractivity contribution is 7.92. The summed E-state index contributed by atoms with van der Waals surface area (Å²) in [5.74, 6) is 0. The maximum atomic E-state index is 12.3. The van der Waals surface area contributed by atoms with Crippen LogP contribution in [0.3, 0.4) is 0 Å². The Morgan fingerprint density at radius 1 is 1.10 bits per heavy atom. The number of hydrogen-bond acceptors (Lipinski definition) is 4. The molecule has 0 aliphatic heterocycles. The first-order valence-electron chi connectivity index (χ1n) is 6.27. The summed E-state index contributed by atoms with van der Waals surface area (Å²) in [5.41, 5.74) is 2.36. The van der Waals surface area contributed by atoms with Crippen molar-refractivity contribution < 1.29 is 8.42 Å². The Hall–Kier alpha value is -2.52. The van der Waals surface area contributed by atoms with E-state index in [2.05, 4.69) is 10.0 Å². The van der Waals surface area contributed by atoms with Crippen molar-refractivity contribution in [1.29, 1.82) is 5.26 Å². The van der Waals surface area contributed by atoms with Gasteiger partial charge in [-0.15, -0.1) is 0 Å². The van der Waals surface area contributed by atoms with Crippen LogP contribution in [0.4, 0.5) is 11.4 Å². The largest absolute Gasteiger partial charge is 0.387 e. The van der Waals surface area contributed by atoms with E-state index in [9.17, 15) is 8.42 Å². The highest BCUT2D eigenvalue weighted by Crippen LogP contribution is 2.22. The Kier molecular flexibility index (Phi) is 4.15. The van der Waals surface area contributed by atoms with E-state index in [0.717, 1.165) is 5.56 Å². The van der Waals surface area contributed by atoms with E-state index in [4.69, 9.17) is 5.26 Å². The number of nitrogens with zero attached hydrogens (tertiary/aromatic N) is 1. The minimum absolute atomic E-state index is 0.185. The molecule has 108 valence electrons. The first-order chi connectivity index (χ1) is 9.96. The van der Waals surface area contributed by atoms with Crippen LogP contribution >= 0.6 is 0 Å². The maximum Gasteiger partial charge on any atom is 0.261 e. The molecule has 21 heavy (non-hydrogen) atoms. The number of sulfonamides is 1. The van der Waals surface area contributed by atoms with Gasteiger partial charge in [0.05, 0.1) is 21.8 Å². The normalized spacial score (nSPS) is 10.7. The van der Waals surface area contributed by atoms with Gasteiger partial charge in [0, 0.05) is 7.05 Å². The van der Waals surface area contributed by atoms with Crippen LogP contribution < -0.4 is 10.0 Å². The highest BCUT2D eigenvalue weighted by atomic mass is 32.2. The number of anilines is 2. The van der Waals surface area contributed by atoms with Gasteiger partial charge in [-0.25, -0.2) is 8.42 Å². The van der Waals surface area contributed by atoms with Crippen LogP contribution in [0.5, 0.6) is 0 Å². The fourth-order valence-electron chi connectivity index (χ4n) is 1.85. The third kappa shape index (κ3) is 3.33. The Balaban J connectivity index is 2.33. The van der Waals surface area contributed by atoms with E-state index in [0.29, 0.717) is 16.9 Å². The van der Waals surface area contributed by atoms with Gasteiger partial charge in [0.25, 0.3) is 10.0 Å². The SMILES string of the molecule is CNc1ccc(NS(=O)(=O)c2ccc(C)cc2)cc1C#N. The molecule has 0 atom stereocenters. The monoisotopic (exact) mass is 301 g/mol. The molecular formula is C15H15N3O2S. The van der Waals surface area contributed by atoms with Gasteiger partial charge in [-0.05, 0) is 37.3 Å². The standard InChI is InChI=1S/C15H15N3O2S/c1-11-3-6-14(7-4-11)21(19,20)18-13-5-8-15(17-2)12(9-13)10-16/h3-9,17-18H,1-2H3. The third-order valence-electron chi connectivity index (χ3n) is 2.99. The van der Waals surface area contributed by atoms with Gasteiger partial charge in [-0.2, -0.15) is 5.26 Å². The van der Waals surface area contributed by atoms with Crippen molar-refractivity contribution in [3.63, 3.8) is 0 Å². The molecule has 0 radical (unpaired) electrons. The highest BCUT2D eigenvalue weighted by Gasteiger charge is 2.14. The lowest BCUT2D eigenvalue weighted by molar-refractivity contribution is 0.601. The molecule has 0 saturated carbocycles. The predicted molar refractivity (Wildman–Crippen MR) is 82.7 cm³/mol. The Labute approximate surface area is 124 Å². The first-order valence-corrected chi connectivity index (χ1v) is 7.76. The van der Waals surface area contributed by atoms with Gasteiger partial charge in [-0.1, -0.05) is 17.7 Å². The smallest absolute Gasteiger partial charge is 0.261 e. The molecule has 2 N–H and O–H groups in total. The van der Waals surface area contributed by atoms with Gasteiger partial charge >= 0.3 is 0 Å². The summed E-state index contributed by atoms with van der Waals surface area (Å²) >= 11 is 0. The number of benzene rings is 2. The number of hydrogen-bond donors (Lipinski definition) is 2. The number of nitrogens with one attached hydrogen (secondary N) is 2. The summed E-state index contributed by atoms with van der Waals surface area (Å²) in [6.45, 7) is 1.89. The molecule has 0 aliphatic carbocycles. The molecule has 2 aromatic rings. The molecule has 0 aromatic heterocycles. The maximum absolute atomic E-state index is 12.3. The zero-order chi connectivity index (χ0) is 15.5. The third-order valence-corrected chi connectivity index (χ3v) is 4.39. The second-order valence-electron chi connectivity index (χ2n) is 4.54. The number of nitriles is 1. The molecule has 0 fully saturated rings. The summed E-state index contributed by atoms with van der Waals surface area (Å²) in [6.07, 6.45) is 0. The van der Waals surface area contributed by atoms with E-state index in [1.807, 2.05) is 13.0 Å². The summed E-state index contributed by atoms with van der Waals surface area (Å²) in [4.78, 5) is 0.185. The van der Waals surface area contributed by atoms with E-state index in [-0.39, 0.29) is 4.90 Å². The minimum Gasteiger partial charge on any atom is -0.387 e. The van der Waals surface area contributed by atoms with Crippen molar-refractivity contribution in [1.82, 2.24) is 0 Å². The lowest BCUT2D eigenvalue weighted by Gasteiger charge is -2.10. The molecule has 0 aliphatic rings. The molecule has 2 rings (SSSR count). The van der Waals surface area contributed by atoms with Crippen LogP contribution in [-0.4, -0.2) is 15.5 Å². The van der Waals surface area contributed by atoms with Crippen LogP contribution in [0.25, 0.3) is 0 Å². The molecule has 5 nitrogen and oxygen atoms in total. The molecule has 6 heteroatoms. The Morgan fingerprint density at radius 2 is 1.76 bits per heavy atom. The fourth-order valence-corrected chi connectivity index (χ4v) is 2.90. The van der Waals surface area contributed by atoms with Crippen LogP contribution in [0.1, 0.15) is 11.1 Å². The van der Waals surface area contributed by atoms with Crippen molar-refractivity contribution in [3.05, 3.63) is 53.6 Å². The van der Waals surface area contributed by atoms with Gasteiger partial charge in [0.15, 0.2) is 0 Å². The molecule has 0 spiro atoms. The fraction of sp³-hybridized carbons (Fsp3) is 0.133. The summed E-state index contributed by atoms with van der Waals surface area (Å²) < 4.78 is 27.0. The Bertz CT molecular complexity index is 791. The molecular weight excluding hydrogens is 286 g/mol. The second kappa shape index (κ2) is 5.85. The van der Waals surface area contributed by atoms with Gasteiger partial charge < -0.3 is 5.32 Å². The summed E-state index contributed by atoms with van der Waals surface area (Å²) in [5, 5.41) is 11.9. The van der Waals surface area contributed by atoms with Crippen molar-refractivity contribution in [2.24, 2.45) is 0 Å². The molecule has 2 aromatic carbocycles. The molecule has 0 heterocycles. The van der Waals surface area contributed by atoms with Gasteiger partial charge in [0.1, 0.15) is 6.07 Å². The van der Waals surface area contributed by atoms with Crippen LogP contribution in [0.15, 0.2) is 47.4 Å². The molecule has 0 bridgehead atoms. The average Bonchev–Trinajstić information content (AvgIpc) is 2.47. The number of rotatable bonds is 4. The van der Waals surface area contributed by atoms with Crippen LogP contribution in [0, 0.1) is 18.3 Å².